The first-order valence-corrected chi connectivity index (χ1v) is 10.5. The Bertz CT molecular complexity index is 1200. The van der Waals surface area contributed by atoms with Gasteiger partial charge in [0, 0.05) is 33.1 Å². The number of halogens is 1. The summed E-state index contributed by atoms with van der Waals surface area (Å²) in [7, 11) is 0. The van der Waals surface area contributed by atoms with E-state index >= 15 is 0 Å². The number of amides is 1. The molecule has 5 nitrogen and oxygen atoms in total. The zero-order chi connectivity index (χ0) is 19.5. The molecule has 4 aromatic rings. The van der Waals surface area contributed by atoms with Crippen LogP contribution in [-0.4, -0.2) is 16.6 Å². The van der Waals surface area contributed by atoms with Crippen LogP contribution in [0.15, 0.2) is 73.5 Å². The summed E-state index contributed by atoms with van der Waals surface area (Å²) >= 11 is 8.79. The zero-order valence-corrected chi connectivity index (χ0v) is 16.7. The van der Waals surface area contributed by atoms with Gasteiger partial charge in [0.05, 0.1) is 11.4 Å². The first kappa shape index (κ1) is 18.7. The maximum absolute atomic E-state index is 12.2. The van der Waals surface area contributed by atoms with Crippen molar-refractivity contribution in [1.29, 1.82) is 0 Å². The Morgan fingerprint density at radius 2 is 1.96 bits per heavy atom. The normalized spacial score (nSPS) is 10.9. The summed E-state index contributed by atoms with van der Waals surface area (Å²) in [6.45, 7) is 0. The third-order valence-electron chi connectivity index (χ3n) is 3.85. The number of anilines is 1. The maximum Gasteiger partial charge on any atom is 0.336 e. The van der Waals surface area contributed by atoms with Crippen molar-refractivity contribution in [2.45, 2.75) is 4.34 Å². The van der Waals surface area contributed by atoms with Crippen LogP contribution in [0.25, 0.3) is 22.2 Å². The van der Waals surface area contributed by atoms with Gasteiger partial charge in [0.1, 0.15) is 5.58 Å². The van der Waals surface area contributed by atoms with Crippen molar-refractivity contribution in [2.24, 2.45) is 0 Å². The lowest BCUT2D eigenvalue weighted by atomic mass is 10.2. The second-order valence-electron chi connectivity index (χ2n) is 5.85. The Morgan fingerprint density at radius 3 is 2.79 bits per heavy atom. The summed E-state index contributed by atoms with van der Waals surface area (Å²) in [4.78, 5) is 28.0. The van der Waals surface area contributed by atoms with Gasteiger partial charge in [-0.15, -0.1) is 11.3 Å². The second-order valence-corrected chi connectivity index (χ2v) is 8.37. The second kappa shape index (κ2) is 8.18. The van der Waals surface area contributed by atoms with Crippen LogP contribution in [0.2, 0.25) is 5.02 Å². The number of aromatic nitrogens is 1. The van der Waals surface area contributed by atoms with Gasteiger partial charge >= 0.3 is 5.63 Å². The Hall–Kier alpha value is -2.61. The molecular weight excluding hydrogens is 416 g/mol. The van der Waals surface area contributed by atoms with Gasteiger partial charge in [0.25, 0.3) is 0 Å². The molecule has 140 valence electrons. The fourth-order valence-corrected chi connectivity index (χ4v) is 4.31. The van der Waals surface area contributed by atoms with Gasteiger partial charge in [0.2, 0.25) is 5.91 Å². The highest BCUT2D eigenvalue weighted by atomic mass is 35.5. The van der Waals surface area contributed by atoms with Gasteiger partial charge in [-0.05, 0) is 36.4 Å². The Morgan fingerprint density at radius 1 is 1.14 bits per heavy atom. The van der Waals surface area contributed by atoms with Crippen molar-refractivity contribution >= 4 is 57.3 Å². The van der Waals surface area contributed by atoms with Gasteiger partial charge < -0.3 is 9.73 Å². The van der Waals surface area contributed by atoms with E-state index in [-0.39, 0.29) is 11.7 Å². The van der Waals surface area contributed by atoms with Gasteiger partial charge in [-0.3, -0.25) is 4.79 Å². The average molecular weight is 429 g/mol. The molecule has 28 heavy (non-hydrogen) atoms. The summed E-state index contributed by atoms with van der Waals surface area (Å²) in [6, 6.07) is 15.6. The summed E-state index contributed by atoms with van der Waals surface area (Å²) < 4.78 is 5.91. The molecule has 8 heteroatoms. The van der Waals surface area contributed by atoms with E-state index < -0.39 is 5.63 Å². The number of fused-ring (bicyclic) bond motifs is 1. The third kappa shape index (κ3) is 4.44. The summed E-state index contributed by atoms with van der Waals surface area (Å²) in [5.41, 5.74) is 2.58. The summed E-state index contributed by atoms with van der Waals surface area (Å²) in [5.74, 6) is 0.111. The van der Waals surface area contributed by atoms with E-state index in [1.54, 1.807) is 24.3 Å². The van der Waals surface area contributed by atoms with Crippen LogP contribution < -0.4 is 10.9 Å². The van der Waals surface area contributed by atoms with E-state index in [1.807, 2.05) is 29.6 Å². The van der Waals surface area contributed by atoms with Crippen LogP contribution in [0, 0.1) is 0 Å². The number of benzene rings is 2. The van der Waals surface area contributed by atoms with Gasteiger partial charge in [0.15, 0.2) is 4.34 Å². The van der Waals surface area contributed by atoms with E-state index in [0.29, 0.717) is 16.3 Å². The number of hydrogen-bond donors (Lipinski definition) is 1. The van der Waals surface area contributed by atoms with Crippen molar-refractivity contribution in [1.82, 2.24) is 4.98 Å². The van der Waals surface area contributed by atoms with Crippen LogP contribution in [0.4, 0.5) is 5.69 Å². The maximum atomic E-state index is 12.2. The lowest BCUT2D eigenvalue weighted by molar-refractivity contribution is -0.113. The molecule has 0 bridgehead atoms. The monoisotopic (exact) mass is 428 g/mol. The molecule has 2 aromatic heterocycles. The minimum atomic E-state index is -0.401. The first-order valence-electron chi connectivity index (χ1n) is 8.25. The molecule has 0 saturated heterocycles. The molecule has 2 aromatic carbocycles. The minimum Gasteiger partial charge on any atom is -0.423 e. The van der Waals surface area contributed by atoms with E-state index in [1.165, 1.54) is 29.2 Å². The number of thiazole rings is 1. The molecule has 0 aliphatic carbocycles. The number of nitrogens with one attached hydrogen (secondary N) is 1. The average Bonchev–Trinajstić information content (AvgIpc) is 3.16. The zero-order valence-electron chi connectivity index (χ0n) is 14.3. The highest BCUT2D eigenvalue weighted by Crippen LogP contribution is 2.29. The molecule has 0 atom stereocenters. The Balaban J connectivity index is 1.37. The van der Waals surface area contributed by atoms with E-state index in [0.717, 1.165) is 21.0 Å². The van der Waals surface area contributed by atoms with E-state index in [2.05, 4.69) is 10.3 Å². The number of rotatable bonds is 5. The molecule has 0 radical (unpaired) electrons. The van der Waals surface area contributed by atoms with Crippen molar-refractivity contribution in [3.8, 4) is 11.3 Å². The van der Waals surface area contributed by atoms with Crippen molar-refractivity contribution in [3.63, 3.8) is 0 Å². The minimum absolute atomic E-state index is 0.134. The third-order valence-corrected chi connectivity index (χ3v) is 6.13. The molecule has 1 amide bonds. The topological polar surface area (TPSA) is 72.2 Å². The van der Waals surface area contributed by atoms with Gasteiger partial charge in [-0.2, -0.15) is 0 Å². The van der Waals surface area contributed by atoms with Crippen LogP contribution >= 0.6 is 34.7 Å². The lowest BCUT2D eigenvalue weighted by Gasteiger charge is -2.05. The number of nitrogens with zero attached hydrogens (tertiary/aromatic N) is 1. The lowest BCUT2D eigenvalue weighted by Crippen LogP contribution is -2.13. The van der Waals surface area contributed by atoms with Crippen LogP contribution in [-0.2, 0) is 4.79 Å². The van der Waals surface area contributed by atoms with E-state index in [4.69, 9.17) is 16.0 Å². The molecule has 1 N–H and O–H groups in total. The quantitative estimate of drug-likeness (QED) is 0.345. The molecule has 0 aliphatic rings. The van der Waals surface area contributed by atoms with Crippen molar-refractivity contribution < 1.29 is 9.21 Å². The molecule has 2 heterocycles. The van der Waals surface area contributed by atoms with E-state index in [9.17, 15) is 9.59 Å². The number of carbonyl (C=O) groups is 1. The molecule has 4 rings (SSSR count). The summed E-state index contributed by atoms with van der Waals surface area (Å²) in [5, 5.41) is 6.23. The molecule has 0 aliphatic heterocycles. The van der Waals surface area contributed by atoms with Crippen LogP contribution in [0.1, 0.15) is 0 Å². The number of thioether (sulfide) groups is 1. The Kier molecular flexibility index (Phi) is 5.47. The molecule has 0 saturated carbocycles. The van der Waals surface area contributed by atoms with Crippen molar-refractivity contribution in [2.75, 3.05) is 11.1 Å². The largest absolute Gasteiger partial charge is 0.423 e. The van der Waals surface area contributed by atoms with Crippen LogP contribution in [0.5, 0.6) is 0 Å². The molecule has 0 fully saturated rings. The number of hydrogen-bond acceptors (Lipinski definition) is 6. The number of carbonyl (C=O) groups excluding carboxylic acids is 1. The summed E-state index contributed by atoms with van der Waals surface area (Å²) in [6.07, 6.45) is 0. The smallest absolute Gasteiger partial charge is 0.336 e. The van der Waals surface area contributed by atoms with Gasteiger partial charge in [-0.25, -0.2) is 9.78 Å². The fourth-order valence-electron chi connectivity index (χ4n) is 2.55. The first-order chi connectivity index (χ1) is 13.6. The fraction of sp³-hybridized carbons (Fsp3) is 0.0500. The molecular formula is C20H13ClN2O3S2. The van der Waals surface area contributed by atoms with Gasteiger partial charge in [-0.1, -0.05) is 35.5 Å². The highest BCUT2D eigenvalue weighted by Gasteiger charge is 2.09. The molecule has 0 unspecified atom stereocenters. The SMILES string of the molecule is O=C(CSc1nc(-c2ccc(Cl)cc2)cs1)Nc1ccc2oc(=O)ccc2c1. The predicted octanol–water partition coefficient (Wildman–Crippen LogP) is 5.30. The highest BCUT2D eigenvalue weighted by molar-refractivity contribution is 8.01. The molecule has 0 spiro atoms. The van der Waals surface area contributed by atoms with Crippen LogP contribution in [0.3, 0.4) is 0 Å². The van der Waals surface area contributed by atoms with Crippen molar-refractivity contribution in [3.05, 3.63) is 75.4 Å². The standard InChI is InChI=1S/C20H13ClN2O3S2/c21-14-4-1-12(2-5-14)16-10-27-20(23-16)28-11-18(24)22-15-6-7-17-13(9-15)3-8-19(25)26-17/h1-10H,11H2,(H,22,24). The predicted molar refractivity (Wildman–Crippen MR) is 114 cm³/mol. The Labute approximate surface area is 173 Å².